The van der Waals surface area contributed by atoms with Crippen molar-refractivity contribution in [2.75, 3.05) is 6.54 Å². The van der Waals surface area contributed by atoms with Crippen LogP contribution in [0.4, 0.5) is 4.79 Å². The van der Waals surface area contributed by atoms with Crippen molar-refractivity contribution in [2.24, 2.45) is 0 Å². The molecular formula is C20H17NO4S. The van der Waals surface area contributed by atoms with Gasteiger partial charge >= 0.3 is 5.97 Å². The van der Waals surface area contributed by atoms with Crippen molar-refractivity contribution >= 4 is 35.0 Å². The van der Waals surface area contributed by atoms with Gasteiger partial charge in [-0.3, -0.25) is 14.5 Å². The van der Waals surface area contributed by atoms with E-state index in [1.54, 1.807) is 18.2 Å². The number of amides is 2. The molecule has 1 heterocycles. The summed E-state index contributed by atoms with van der Waals surface area (Å²) in [5.74, 6) is -1.30. The highest BCUT2D eigenvalue weighted by molar-refractivity contribution is 8.18. The van der Waals surface area contributed by atoms with E-state index < -0.39 is 5.97 Å². The molecule has 0 aromatic heterocycles. The number of carbonyl (C=O) groups is 3. The second kappa shape index (κ2) is 8.01. The Kier molecular flexibility index (Phi) is 5.53. The van der Waals surface area contributed by atoms with Crippen LogP contribution in [0.5, 0.6) is 0 Å². The Labute approximate surface area is 155 Å². The third kappa shape index (κ3) is 4.21. The molecule has 26 heavy (non-hydrogen) atoms. The Morgan fingerprint density at radius 3 is 2.38 bits per heavy atom. The Morgan fingerprint density at radius 2 is 1.73 bits per heavy atom. The minimum atomic E-state index is -1.00. The Bertz CT molecular complexity index is 859. The first-order valence-electron chi connectivity index (χ1n) is 8.17. The van der Waals surface area contributed by atoms with Gasteiger partial charge in [0.05, 0.1) is 10.5 Å². The van der Waals surface area contributed by atoms with E-state index in [4.69, 9.17) is 5.11 Å². The number of hydrogen-bond acceptors (Lipinski definition) is 4. The summed E-state index contributed by atoms with van der Waals surface area (Å²) in [6.07, 6.45) is 3.13. The molecule has 0 radical (unpaired) electrons. The fourth-order valence-corrected chi connectivity index (χ4v) is 3.52. The number of aromatic carboxylic acids is 1. The number of carboxylic acids is 1. The summed E-state index contributed by atoms with van der Waals surface area (Å²) in [6.45, 7) is 0.384. The number of imide groups is 1. The summed E-state index contributed by atoms with van der Waals surface area (Å²) in [7, 11) is 0. The maximum Gasteiger partial charge on any atom is 0.335 e. The standard InChI is InChI=1S/C20H17NO4S/c22-18-17(13-15-8-10-16(11-9-15)19(23)24)26-20(25)21(18)12-4-7-14-5-2-1-3-6-14/h1-3,5-6,8-11,13H,4,7,12H2,(H,23,24)/b17-13+. The topological polar surface area (TPSA) is 74.7 Å². The third-order valence-corrected chi connectivity index (χ3v) is 4.93. The zero-order chi connectivity index (χ0) is 18.5. The zero-order valence-electron chi connectivity index (χ0n) is 13.9. The van der Waals surface area contributed by atoms with Gasteiger partial charge in [-0.25, -0.2) is 4.79 Å². The van der Waals surface area contributed by atoms with Gasteiger partial charge in [-0.15, -0.1) is 0 Å². The van der Waals surface area contributed by atoms with Crippen LogP contribution >= 0.6 is 11.8 Å². The van der Waals surface area contributed by atoms with Gasteiger partial charge in [-0.1, -0.05) is 42.5 Å². The first kappa shape index (κ1) is 17.9. The molecule has 0 atom stereocenters. The van der Waals surface area contributed by atoms with Gasteiger partial charge in [-0.2, -0.15) is 0 Å². The van der Waals surface area contributed by atoms with Gasteiger partial charge in [0, 0.05) is 6.54 Å². The Morgan fingerprint density at radius 1 is 1.04 bits per heavy atom. The van der Waals surface area contributed by atoms with Gasteiger partial charge in [-0.05, 0) is 53.9 Å². The smallest absolute Gasteiger partial charge is 0.335 e. The van der Waals surface area contributed by atoms with Crippen LogP contribution in [0.3, 0.4) is 0 Å². The van der Waals surface area contributed by atoms with E-state index in [-0.39, 0.29) is 16.7 Å². The third-order valence-electron chi connectivity index (χ3n) is 4.02. The molecule has 1 fully saturated rings. The Balaban J connectivity index is 1.63. The molecule has 5 nitrogen and oxygen atoms in total. The fourth-order valence-electron chi connectivity index (χ4n) is 2.65. The molecule has 2 aromatic rings. The SMILES string of the molecule is O=C(O)c1ccc(/C=C2/SC(=O)N(CCCc3ccccc3)C2=O)cc1. The van der Waals surface area contributed by atoms with Gasteiger partial charge in [0.25, 0.3) is 11.1 Å². The van der Waals surface area contributed by atoms with Crippen LogP contribution in [-0.2, 0) is 11.2 Å². The Hall–Kier alpha value is -2.86. The number of rotatable bonds is 6. The van der Waals surface area contributed by atoms with E-state index in [9.17, 15) is 14.4 Å². The minimum absolute atomic E-state index is 0.177. The van der Waals surface area contributed by atoms with Gasteiger partial charge in [0.15, 0.2) is 0 Å². The van der Waals surface area contributed by atoms with Gasteiger partial charge in [0.2, 0.25) is 0 Å². The maximum absolute atomic E-state index is 12.5. The van der Waals surface area contributed by atoms with Crippen LogP contribution in [0.25, 0.3) is 6.08 Å². The van der Waals surface area contributed by atoms with Gasteiger partial charge < -0.3 is 5.11 Å². The summed E-state index contributed by atoms with van der Waals surface area (Å²) in [5.41, 5.74) is 2.04. The number of thioether (sulfide) groups is 1. The van der Waals surface area contributed by atoms with E-state index in [0.29, 0.717) is 23.4 Å². The lowest BCUT2D eigenvalue weighted by atomic mass is 10.1. The fraction of sp³-hybridized carbons (Fsp3) is 0.150. The molecule has 1 aliphatic heterocycles. The second-order valence-corrected chi connectivity index (χ2v) is 6.84. The summed E-state index contributed by atoms with van der Waals surface area (Å²) < 4.78 is 0. The molecule has 0 spiro atoms. The number of nitrogens with zero attached hydrogens (tertiary/aromatic N) is 1. The second-order valence-electron chi connectivity index (χ2n) is 5.85. The van der Waals surface area contributed by atoms with Gasteiger partial charge in [0.1, 0.15) is 0 Å². The number of aryl methyl sites for hydroxylation is 1. The molecule has 0 unspecified atom stereocenters. The predicted molar refractivity (Wildman–Crippen MR) is 101 cm³/mol. The molecular weight excluding hydrogens is 350 g/mol. The first-order valence-corrected chi connectivity index (χ1v) is 8.99. The van der Waals surface area contributed by atoms with Crippen molar-refractivity contribution in [3.05, 3.63) is 76.2 Å². The summed E-state index contributed by atoms with van der Waals surface area (Å²) >= 11 is 0.916. The van der Waals surface area contributed by atoms with Crippen LogP contribution in [0, 0.1) is 0 Å². The van der Waals surface area contributed by atoms with E-state index in [0.717, 1.165) is 18.2 Å². The number of carbonyl (C=O) groups excluding carboxylic acids is 2. The highest BCUT2D eigenvalue weighted by Gasteiger charge is 2.34. The van der Waals surface area contributed by atoms with E-state index in [2.05, 4.69) is 0 Å². The van der Waals surface area contributed by atoms with Crippen molar-refractivity contribution < 1.29 is 19.5 Å². The average Bonchev–Trinajstić information content (AvgIpc) is 2.90. The molecule has 0 saturated carbocycles. The molecule has 1 aliphatic rings. The molecule has 2 amide bonds. The van der Waals surface area contributed by atoms with Crippen LogP contribution < -0.4 is 0 Å². The van der Waals surface area contributed by atoms with Crippen molar-refractivity contribution in [1.29, 1.82) is 0 Å². The van der Waals surface area contributed by atoms with Crippen LogP contribution in [0.15, 0.2) is 59.5 Å². The lowest BCUT2D eigenvalue weighted by molar-refractivity contribution is -0.122. The van der Waals surface area contributed by atoms with E-state index >= 15 is 0 Å². The molecule has 132 valence electrons. The zero-order valence-corrected chi connectivity index (χ0v) is 14.7. The van der Waals surface area contributed by atoms with Crippen molar-refractivity contribution in [1.82, 2.24) is 4.90 Å². The van der Waals surface area contributed by atoms with Crippen LogP contribution in [0.2, 0.25) is 0 Å². The number of carboxylic acid groups (broad SMARTS) is 1. The van der Waals surface area contributed by atoms with E-state index in [1.807, 2.05) is 30.3 Å². The molecule has 2 aromatic carbocycles. The maximum atomic E-state index is 12.5. The predicted octanol–water partition coefficient (Wildman–Crippen LogP) is 4.05. The molecule has 0 bridgehead atoms. The summed E-state index contributed by atoms with van der Waals surface area (Å²) in [5, 5.41) is 8.64. The van der Waals surface area contributed by atoms with Crippen molar-refractivity contribution in [2.45, 2.75) is 12.8 Å². The summed E-state index contributed by atoms with van der Waals surface area (Å²) in [6, 6.07) is 16.1. The highest BCUT2D eigenvalue weighted by Crippen LogP contribution is 2.32. The molecule has 1 saturated heterocycles. The van der Waals surface area contributed by atoms with Crippen molar-refractivity contribution in [3.63, 3.8) is 0 Å². The largest absolute Gasteiger partial charge is 0.478 e. The van der Waals surface area contributed by atoms with Crippen LogP contribution in [-0.4, -0.2) is 33.7 Å². The lowest BCUT2D eigenvalue weighted by Gasteiger charge is -2.12. The molecule has 3 rings (SSSR count). The summed E-state index contributed by atoms with van der Waals surface area (Å²) in [4.78, 5) is 37.1. The monoisotopic (exact) mass is 367 g/mol. The lowest BCUT2D eigenvalue weighted by Crippen LogP contribution is -2.29. The van der Waals surface area contributed by atoms with E-state index in [1.165, 1.54) is 22.6 Å². The minimum Gasteiger partial charge on any atom is -0.478 e. The quantitative estimate of drug-likeness (QED) is 0.780. The highest BCUT2D eigenvalue weighted by atomic mass is 32.2. The molecule has 6 heteroatoms. The van der Waals surface area contributed by atoms with Crippen LogP contribution in [0.1, 0.15) is 27.9 Å². The normalized spacial score (nSPS) is 15.7. The number of benzene rings is 2. The number of hydrogen-bond donors (Lipinski definition) is 1. The van der Waals surface area contributed by atoms with Crippen molar-refractivity contribution in [3.8, 4) is 0 Å². The molecule has 1 N–H and O–H groups in total. The average molecular weight is 367 g/mol. The molecule has 0 aliphatic carbocycles. The first-order chi connectivity index (χ1) is 12.5.